The summed E-state index contributed by atoms with van der Waals surface area (Å²) in [6.07, 6.45) is 1.25. The number of para-hydroxylation sites is 2. The number of nitro groups is 1. The van der Waals surface area contributed by atoms with Crippen LogP contribution in [0, 0.1) is 10.1 Å². The number of hydrogen-bond donors (Lipinski definition) is 1. The van der Waals surface area contributed by atoms with Gasteiger partial charge in [0.25, 0.3) is 11.6 Å². The third kappa shape index (κ3) is 3.88. The highest BCUT2D eigenvalue weighted by Crippen LogP contribution is 2.25. The van der Waals surface area contributed by atoms with Crippen molar-refractivity contribution in [2.45, 2.75) is 6.92 Å². The quantitative estimate of drug-likeness (QED) is 0.279. The number of aromatic nitrogens is 3. The molecule has 0 saturated heterocycles. The summed E-state index contributed by atoms with van der Waals surface area (Å²) in [4.78, 5) is 40.6. The molecule has 160 valence electrons. The Morgan fingerprint density at radius 1 is 1.06 bits per heavy atom. The number of carbonyl (C=O) groups excluding carboxylic acids is 2. The number of amides is 1. The summed E-state index contributed by atoms with van der Waals surface area (Å²) in [5, 5.41) is 19.0. The number of hydrogen-bond acceptors (Lipinski definition) is 7. The molecule has 0 aliphatic rings. The van der Waals surface area contributed by atoms with Crippen LogP contribution in [0.25, 0.3) is 16.7 Å². The van der Waals surface area contributed by atoms with Gasteiger partial charge >= 0.3 is 5.97 Å². The minimum absolute atomic E-state index is 0.00520. The maximum absolute atomic E-state index is 12.9. The van der Waals surface area contributed by atoms with E-state index in [-0.39, 0.29) is 29.2 Å². The fourth-order valence-corrected chi connectivity index (χ4v) is 3.17. The molecule has 4 rings (SSSR count). The number of rotatable bonds is 6. The van der Waals surface area contributed by atoms with Crippen LogP contribution < -0.4 is 5.32 Å². The van der Waals surface area contributed by atoms with Gasteiger partial charge in [-0.2, -0.15) is 9.78 Å². The Balaban J connectivity index is 1.80. The zero-order valence-electron chi connectivity index (χ0n) is 16.9. The van der Waals surface area contributed by atoms with Gasteiger partial charge in [0, 0.05) is 11.5 Å². The number of anilines is 1. The summed E-state index contributed by atoms with van der Waals surface area (Å²) in [5.41, 5.74) is 0.159. The second-order valence-electron chi connectivity index (χ2n) is 6.63. The summed E-state index contributed by atoms with van der Waals surface area (Å²) >= 11 is 0. The van der Waals surface area contributed by atoms with Crippen molar-refractivity contribution in [2.75, 3.05) is 11.9 Å². The molecule has 0 aliphatic heterocycles. The smallest absolute Gasteiger partial charge is 0.343 e. The summed E-state index contributed by atoms with van der Waals surface area (Å²) in [6.45, 7) is 1.77. The van der Waals surface area contributed by atoms with Gasteiger partial charge in [0.2, 0.25) is 0 Å². The van der Waals surface area contributed by atoms with E-state index in [2.05, 4.69) is 15.4 Å². The van der Waals surface area contributed by atoms with Gasteiger partial charge in [-0.1, -0.05) is 30.3 Å². The molecule has 0 radical (unpaired) electrons. The van der Waals surface area contributed by atoms with Crippen molar-refractivity contribution >= 4 is 34.3 Å². The Morgan fingerprint density at radius 3 is 2.59 bits per heavy atom. The van der Waals surface area contributed by atoms with E-state index in [1.54, 1.807) is 13.0 Å². The Kier molecular flexibility index (Phi) is 5.58. The molecule has 0 aliphatic carbocycles. The Hall–Kier alpha value is -4.60. The number of nitrogens with zero attached hydrogens (tertiary/aromatic N) is 4. The predicted molar refractivity (Wildman–Crippen MR) is 116 cm³/mol. The molecule has 0 spiro atoms. The first-order valence-corrected chi connectivity index (χ1v) is 9.65. The Labute approximate surface area is 181 Å². The lowest BCUT2D eigenvalue weighted by atomic mass is 10.1. The maximum atomic E-state index is 12.9. The van der Waals surface area contributed by atoms with E-state index in [9.17, 15) is 19.7 Å². The van der Waals surface area contributed by atoms with Crippen LogP contribution in [-0.2, 0) is 4.74 Å². The highest BCUT2D eigenvalue weighted by atomic mass is 16.6. The lowest BCUT2D eigenvalue weighted by Crippen LogP contribution is -2.19. The summed E-state index contributed by atoms with van der Waals surface area (Å²) in [7, 11) is 0. The first-order chi connectivity index (χ1) is 15.5. The molecule has 2 aromatic heterocycles. The molecule has 2 heterocycles. The van der Waals surface area contributed by atoms with Gasteiger partial charge in [0.05, 0.1) is 23.2 Å². The minimum atomic E-state index is -0.773. The van der Waals surface area contributed by atoms with Gasteiger partial charge in [-0.05, 0) is 31.2 Å². The number of benzene rings is 2. The molecule has 0 saturated carbocycles. The molecule has 0 bridgehead atoms. The maximum Gasteiger partial charge on any atom is 0.343 e. The third-order valence-corrected chi connectivity index (χ3v) is 4.64. The van der Waals surface area contributed by atoms with Crippen LogP contribution in [0.5, 0.6) is 0 Å². The van der Waals surface area contributed by atoms with Crippen LogP contribution in [0.2, 0.25) is 0 Å². The van der Waals surface area contributed by atoms with E-state index in [1.807, 2.05) is 30.3 Å². The molecule has 1 N–H and O–H groups in total. The van der Waals surface area contributed by atoms with Gasteiger partial charge < -0.3 is 10.1 Å². The van der Waals surface area contributed by atoms with Crippen molar-refractivity contribution < 1.29 is 19.2 Å². The number of nitrogens with one attached hydrogen (secondary N) is 1. The topological polar surface area (TPSA) is 129 Å². The molecule has 2 aromatic carbocycles. The zero-order valence-corrected chi connectivity index (χ0v) is 16.9. The van der Waals surface area contributed by atoms with E-state index in [0.717, 1.165) is 5.39 Å². The van der Waals surface area contributed by atoms with E-state index in [1.165, 1.54) is 35.1 Å². The van der Waals surface area contributed by atoms with Crippen molar-refractivity contribution in [1.29, 1.82) is 0 Å². The first-order valence-electron chi connectivity index (χ1n) is 9.65. The van der Waals surface area contributed by atoms with E-state index in [0.29, 0.717) is 11.3 Å². The normalized spacial score (nSPS) is 10.7. The molecule has 32 heavy (non-hydrogen) atoms. The average Bonchev–Trinajstić information content (AvgIpc) is 3.22. The number of fused-ring (bicyclic) bond motifs is 1. The SMILES string of the molecule is CCOC(=O)c1cnn(-c2ccc3ccccc3n2)c1NC(=O)c1ccccc1[N+](=O)[O-]. The molecular formula is C22H17N5O5. The highest BCUT2D eigenvalue weighted by Gasteiger charge is 2.25. The number of carbonyl (C=O) groups is 2. The van der Waals surface area contributed by atoms with E-state index < -0.39 is 16.8 Å². The van der Waals surface area contributed by atoms with Gasteiger partial charge in [-0.3, -0.25) is 14.9 Å². The third-order valence-electron chi connectivity index (χ3n) is 4.64. The van der Waals surface area contributed by atoms with Crippen LogP contribution in [0.15, 0.2) is 66.9 Å². The molecule has 10 heteroatoms. The number of esters is 1. The molecule has 0 unspecified atom stereocenters. The summed E-state index contributed by atoms with van der Waals surface area (Å²) < 4.78 is 6.35. The fourth-order valence-electron chi connectivity index (χ4n) is 3.17. The van der Waals surface area contributed by atoms with Crippen LogP contribution in [0.3, 0.4) is 0 Å². The van der Waals surface area contributed by atoms with Crippen molar-refractivity contribution in [3.05, 3.63) is 88.1 Å². The molecule has 0 fully saturated rings. The minimum Gasteiger partial charge on any atom is -0.462 e. The van der Waals surface area contributed by atoms with E-state index in [4.69, 9.17) is 4.74 Å². The monoisotopic (exact) mass is 431 g/mol. The Bertz CT molecular complexity index is 1350. The number of nitro benzene ring substituents is 1. The summed E-state index contributed by atoms with van der Waals surface area (Å²) in [6, 6.07) is 16.5. The first kappa shape index (κ1) is 20.7. The largest absolute Gasteiger partial charge is 0.462 e. The fraction of sp³-hybridized carbons (Fsp3) is 0.0909. The molecule has 10 nitrogen and oxygen atoms in total. The molecule has 0 atom stereocenters. The van der Waals surface area contributed by atoms with E-state index >= 15 is 0 Å². The average molecular weight is 431 g/mol. The van der Waals surface area contributed by atoms with Crippen LogP contribution >= 0.6 is 0 Å². The van der Waals surface area contributed by atoms with Gasteiger partial charge in [-0.15, -0.1) is 0 Å². The molecule has 1 amide bonds. The second kappa shape index (κ2) is 8.64. The molecule has 4 aromatic rings. The summed E-state index contributed by atoms with van der Waals surface area (Å²) in [5.74, 6) is -1.13. The Morgan fingerprint density at radius 2 is 1.81 bits per heavy atom. The highest BCUT2D eigenvalue weighted by molar-refractivity contribution is 6.09. The molecular weight excluding hydrogens is 414 g/mol. The van der Waals surface area contributed by atoms with Crippen molar-refractivity contribution in [2.24, 2.45) is 0 Å². The van der Waals surface area contributed by atoms with Crippen molar-refractivity contribution in [1.82, 2.24) is 14.8 Å². The number of ether oxygens (including phenoxy) is 1. The number of pyridine rings is 1. The standard InChI is InChI=1S/C22H17N5O5/c1-2-32-22(29)16-13-23-26(19-12-11-14-7-3-5-9-17(14)24-19)20(16)25-21(28)15-8-4-6-10-18(15)27(30)31/h3-13H,2H2,1H3,(H,25,28). The van der Waals surface area contributed by atoms with Gasteiger partial charge in [0.15, 0.2) is 11.6 Å². The lowest BCUT2D eigenvalue weighted by molar-refractivity contribution is -0.385. The van der Waals surface area contributed by atoms with Crippen molar-refractivity contribution in [3.63, 3.8) is 0 Å². The van der Waals surface area contributed by atoms with Crippen molar-refractivity contribution in [3.8, 4) is 5.82 Å². The zero-order chi connectivity index (χ0) is 22.7. The van der Waals surface area contributed by atoms with Crippen LogP contribution in [0.1, 0.15) is 27.6 Å². The van der Waals surface area contributed by atoms with Crippen LogP contribution in [0.4, 0.5) is 11.5 Å². The van der Waals surface area contributed by atoms with Gasteiger partial charge in [0.1, 0.15) is 11.1 Å². The van der Waals surface area contributed by atoms with Crippen LogP contribution in [-0.4, -0.2) is 38.2 Å². The second-order valence-corrected chi connectivity index (χ2v) is 6.63. The predicted octanol–water partition coefficient (Wildman–Crippen LogP) is 3.76. The lowest BCUT2D eigenvalue weighted by Gasteiger charge is -2.11. The van der Waals surface area contributed by atoms with Gasteiger partial charge in [-0.25, -0.2) is 9.78 Å².